The minimum absolute atomic E-state index is 0.138. The Labute approximate surface area is 162 Å². The number of urea groups is 1. The number of amides is 3. The molecule has 1 fully saturated rings. The highest BCUT2D eigenvalue weighted by molar-refractivity contribution is 9.10. The maximum atomic E-state index is 12.1. The summed E-state index contributed by atoms with van der Waals surface area (Å²) >= 11 is 10.9. The molecule has 1 aromatic heterocycles. The van der Waals surface area contributed by atoms with Crippen molar-refractivity contribution in [2.75, 3.05) is 18.0 Å². The SMILES string of the molecule is O=C(Cc1csc(N2CCCNC2=O)n1)NCc1ccc(Br)cc1Cl. The molecule has 1 aliphatic heterocycles. The molecule has 0 bridgehead atoms. The molecule has 25 heavy (non-hydrogen) atoms. The van der Waals surface area contributed by atoms with Crippen LogP contribution in [-0.2, 0) is 17.8 Å². The third-order valence-electron chi connectivity index (χ3n) is 3.68. The summed E-state index contributed by atoms with van der Waals surface area (Å²) < 4.78 is 0.893. The van der Waals surface area contributed by atoms with Gasteiger partial charge in [0, 0.05) is 34.5 Å². The molecule has 0 saturated carbocycles. The van der Waals surface area contributed by atoms with E-state index in [1.165, 1.54) is 11.3 Å². The summed E-state index contributed by atoms with van der Waals surface area (Å²) in [6, 6.07) is 5.40. The van der Waals surface area contributed by atoms with Gasteiger partial charge in [0.25, 0.3) is 0 Å². The number of nitrogens with zero attached hydrogens (tertiary/aromatic N) is 2. The van der Waals surface area contributed by atoms with E-state index >= 15 is 0 Å². The molecule has 1 saturated heterocycles. The Morgan fingerprint density at radius 3 is 3.08 bits per heavy atom. The van der Waals surface area contributed by atoms with E-state index in [9.17, 15) is 9.59 Å². The summed E-state index contributed by atoms with van der Waals surface area (Å²) in [6.45, 7) is 1.69. The van der Waals surface area contributed by atoms with E-state index in [2.05, 4.69) is 31.5 Å². The van der Waals surface area contributed by atoms with Crippen molar-refractivity contribution in [3.63, 3.8) is 0 Å². The van der Waals surface area contributed by atoms with Gasteiger partial charge in [0.2, 0.25) is 5.91 Å². The zero-order valence-electron chi connectivity index (χ0n) is 13.2. The predicted molar refractivity (Wildman–Crippen MR) is 102 cm³/mol. The molecule has 2 aromatic rings. The highest BCUT2D eigenvalue weighted by Gasteiger charge is 2.22. The number of hydrogen-bond acceptors (Lipinski definition) is 4. The molecular formula is C16H16BrClN4O2S. The Kier molecular flexibility index (Phi) is 5.93. The van der Waals surface area contributed by atoms with Gasteiger partial charge < -0.3 is 10.6 Å². The smallest absolute Gasteiger partial charge is 0.323 e. The van der Waals surface area contributed by atoms with E-state index in [1.807, 2.05) is 17.5 Å². The topological polar surface area (TPSA) is 74.3 Å². The summed E-state index contributed by atoms with van der Waals surface area (Å²) in [5, 5.41) is 8.65. The number of nitrogens with one attached hydrogen (secondary N) is 2. The van der Waals surface area contributed by atoms with Crippen LogP contribution in [0, 0.1) is 0 Å². The molecule has 1 aliphatic rings. The number of carbonyl (C=O) groups excluding carboxylic acids is 2. The Hall–Kier alpha value is -1.64. The lowest BCUT2D eigenvalue weighted by Gasteiger charge is -2.24. The first-order valence-electron chi connectivity index (χ1n) is 7.73. The van der Waals surface area contributed by atoms with Gasteiger partial charge in [0.15, 0.2) is 5.13 Å². The Morgan fingerprint density at radius 2 is 2.32 bits per heavy atom. The first-order valence-corrected chi connectivity index (χ1v) is 9.78. The second-order valence-electron chi connectivity index (χ2n) is 5.55. The Morgan fingerprint density at radius 1 is 1.48 bits per heavy atom. The fraction of sp³-hybridized carbons (Fsp3) is 0.312. The van der Waals surface area contributed by atoms with E-state index in [0.29, 0.717) is 35.5 Å². The van der Waals surface area contributed by atoms with Crippen LogP contribution in [0.4, 0.5) is 9.93 Å². The summed E-state index contributed by atoms with van der Waals surface area (Å²) in [4.78, 5) is 30.0. The van der Waals surface area contributed by atoms with Crippen molar-refractivity contribution in [1.82, 2.24) is 15.6 Å². The second-order valence-corrected chi connectivity index (χ2v) is 7.71. The fourth-order valence-electron chi connectivity index (χ4n) is 2.40. The van der Waals surface area contributed by atoms with Gasteiger partial charge in [-0.25, -0.2) is 9.78 Å². The number of halogens is 2. The van der Waals surface area contributed by atoms with E-state index in [4.69, 9.17) is 11.6 Å². The average Bonchev–Trinajstić information content (AvgIpc) is 3.02. The van der Waals surface area contributed by atoms with Crippen LogP contribution < -0.4 is 15.5 Å². The number of anilines is 1. The van der Waals surface area contributed by atoms with Crippen molar-refractivity contribution in [2.24, 2.45) is 0 Å². The molecule has 132 valence electrons. The Bertz CT molecular complexity index is 798. The van der Waals surface area contributed by atoms with Crippen LogP contribution in [0.3, 0.4) is 0 Å². The summed E-state index contributed by atoms with van der Waals surface area (Å²) in [6.07, 6.45) is 1.05. The van der Waals surface area contributed by atoms with Gasteiger partial charge in [-0.05, 0) is 24.1 Å². The molecule has 0 radical (unpaired) electrons. The summed E-state index contributed by atoms with van der Waals surface area (Å²) in [5.41, 5.74) is 1.50. The molecule has 2 heterocycles. The van der Waals surface area contributed by atoms with Crippen molar-refractivity contribution in [1.29, 1.82) is 0 Å². The molecule has 6 nitrogen and oxygen atoms in total. The van der Waals surface area contributed by atoms with E-state index in [-0.39, 0.29) is 18.4 Å². The quantitative estimate of drug-likeness (QED) is 0.744. The van der Waals surface area contributed by atoms with E-state index < -0.39 is 0 Å². The molecule has 0 aliphatic carbocycles. The van der Waals surface area contributed by atoms with Crippen molar-refractivity contribution in [3.8, 4) is 0 Å². The van der Waals surface area contributed by atoms with Crippen molar-refractivity contribution < 1.29 is 9.59 Å². The zero-order valence-corrected chi connectivity index (χ0v) is 16.4. The van der Waals surface area contributed by atoms with Crippen molar-refractivity contribution in [3.05, 3.63) is 44.3 Å². The minimum atomic E-state index is -0.140. The number of thiazole rings is 1. The zero-order chi connectivity index (χ0) is 17.8. The van der Waals surface area contributed by atoms with Gasteiger partial charge in [0.1, 0.15) is 0 Å². The number of rotatable bonds is 5. The van der Waals surface area contributed by atoms with Crippen LogP contribution in [0.2, 0.25) is 5.02 Å². The lowest BCUT2D eigenvalue weighted by atomic mass is 10.2. The highest BCUT2D eigenvalue weighted by atomic mass is 79.9. The maximum Gasteiger partial charge on any atom is 0.323 e. The molecule has 1 aromatic carbocycles. The average molecular weight is 444 g/mol. The number of hydrogen-bond donors (Lipinski definition) is 2. The fourth-order valence-corrected chi connectivity index (χ4v) is 3.99. The third-order valence-corrected chi connectivity index (χ3v) is 5.44. The van der Waals surface area contributed by atoms with E-state index in [0.717, 1.165) is 16.5 Å². The molecule has 0 unspecified atom stereocenters. The lowest BCUT2D eigenvalue weighted by Crippen LogP contribution is -2.46. The minimum Gasteiger partial charge on any atom is -0.352 e. The predicted octanol–water partition coefficient (Wildman–Crippen LogP) is 3.34. The second kappa shape index (κ2) is 8.16. The normalized spacial score (nSPS) is 14.3. The summed E-state index contributed by atoms with van der Waals surface area (Å²) in [5.74, 6) is -0.140. The molecule has 3 amide bonds. The molecule has 0 spiro atoms. The molecule has 3 rings (SSSR count). The lowest BCUT2D eigenvalue weighted by molar-refractivity contribution is -0.120. The molecule has 9 heteroatoms. The van der Waals surface area contributed by atoms with Crippen LogP contribution in [0.5, 0.6) is 0 Å². The number of carbonyl (C=O) groups is 2. The number of benzene rings is 1. The van der Waals surface area contributed by atoms with Crippen LogP contribution in [0.15, 0.2) is 28.1 Å². The molecular weight excluding hydrogens is 428 g/mol. The first kappa shape index (κ1) is 18.2. The largest absolute Gasteiger partial charge is 0.352 e. The van der Waals surface area contributed by atoms with Gasteiger partial charge in [-0.15, -0.1) is 11.3 Å². The number of aromatic nitrogens is 1. The Balaban J connectivity index is 1.55. The van der Waals surface area contributed by atoms with Gasteiger partial charge in [-0.1, -0.05) is 33.6 Å². The molecule has 0 atom stereocenters. The monoisotopic (exact) mass is 442 g/mol. The van der Waals surface area contributed by atoms with Crippen molar-refractivity contribution >= 4 is 55.9 Å². The van der Waals surface area contributed by atoms with Gasteiger partial charge in [0.05, 0.1) is 12.1 Å². The third kappa shape index (κ3) is 4.71. The summed E-state index contributed by atoms with van der Waals surface area (Å²) in [7, 11) is 0. The van der Waals surface area contributed by atoms with Crippen LogP contribution in [-0.4, -0.2) is 30.0 Å². The van der Waals surface area contributed by atoms with Crippen molar-refractivity contribution in [2.45, 2.75) is 19.4 Å². The van der Waals surface area contributed by atoms with Crippen LogP contribution >= 0.6 is 38.9 Å². The van der Waals surface area contributed by atoms with Gasteiger partial charge in [-0.2, -0.15) is 0 Å². The highest BCUT2D eigenvalue weighted by Crippen LogP contribution is 2.23. The first-order chi connectivity index (χ1) is 12.0. The maximum absolute atomic E-state index is 12.1. The standard InChI is InChI=1S/C16H16BrClN4O2S/c17-11-3-2-10(13(18)6-11)8-20-14(23)7-12-9-25-16(21-12)22-5-1-4-19-15(22)24/h2-3,6,9H,1,4-5,7-8H2,(H,19,24)(H,20,23). The van der Waals surface area contributed by atoms with Crippen LogP contribution in [0.1, 0.15) is 17.7 Å². The van der Waals surface area contributed by atoms with E-state index in [1.54, 1.807) is 11.0 Å². The van der Waals surface area contributed by atoms with Gasteiger partial charge in [-0.3, -0.25) is 9.69 Å². The van der Waals surface area contributed by atoms with Gasteiger partial charge >= 0.3 is 6.03 Å². The molecule has 2 N–H and O–H groups in total. The van der Waals surface area contributed by atoms with Crippen LogP contribution in [0.25, 0.3) is 0 Å².